The first-order valence-electron chi connectivity index (χ1n) is 11.0. The van der Waals surface area contributed by atoms with Crippen LogP contribution < -0.4 is 14.2 Å². The summed E-state index contributed by atoms with van der Waals surface area (Å²) in [6.45, 7) is 6.56. The van der Waals surface area contributed by atoms with Crippen molar-refractivity contribution >= 4 is 5.78 Å². The van der Waals surface area contributed by atoms with Crippen LogP contribution in [0, 0.1) is 17.8 Å². The molecule has 6 heteroatoms. The minimum atomic E-state index is -0.376. The highest BCUT2D eigenvalue weighted by molar-refractivity contribution is 5.91. The Morgan fingerprint density at radius 2 is 1.87 bits per heavy atom. The van der Waals surface area contributed by atoms with Gasteiger partial charge in [-0.2, -0.15) is 0 Å². The molecule has 166 valence electrons. The number of rotatable bonds is 2. The first-order valence-corrected chi connectivity index (χ1v) is 11.0. The van der Waals surface area contributed by atoms with Crippen LogP contribution in [0.3, 0.4) is 0 Å². The standard InChI is InChI=1S/C25H30O6/c1-13-6-7-16-14(8-9-25(2,3)31-16)24-21(13)23(26)22-15-10-18(27-4)19(28-5)11-17(15)29-12-20(22)30-24/h7-11,13-14,20-22,24H,6,12H2,1-5H3/t13?,14?,20-,21?,22?,24?/m1/s1. The van der Waals surface area contributed by atoms with Crippen molar-refractivity contribution in [1.82, 2.24) is 0 Å². The number of carbonyl (C=O) groups excluding carboxylic acids is 1. The highest BCUT2D eigenvalue weighted by atomic mass is 16.6. The summed E-state index contributed by atoms with van der Waals surface area (Å²) in [7, 11) is 3.19. The van der Waals surface area contributed by atoms with Crippen LogP contribution in [0.1, 0.15) is 38.7 Å². The Morgan fingerprint density at radius 1 is 1.13 bits per heavy atom. The van der Waals surface area contributed by atoms with E-state index in [1.54, 1.807) is 20.3 Å². The molecule has 0 saturated carbocycles. The summed E-state index contributed by atoms with van der Waals surface area (Å²) in [6, 6.07) is 3.67. The fraction of sp³-hybridized carbons (Fsp3) is 0.560. The first-order chi connectivity index (χ1) is 14.8. The number of hydrogen-bond donors (Lipinski definition) is 0. The third-order valence-corrected chi connectivity index (χ3v) is 7.02. The predicted octanol–water partition coefficient (Wildman–Crippen LogP) is 4.04. The maximum Gasteiger partial charge on any atom is 0.164 e. The Bertz CT molecular complexity index is 961. The van der Waals surface area contributed by atoms with Crippen molar-refractivity contribution in [3.63, 3.8) is 0 Å². The molecule has 0 aromatic heterocycles. The molecule has 1 aliphatic carbocycles. The summed E-state index contributed by atoms with van der Waals surface area (Å²) in [4.78, 5) is 14.0. The minimum Gasteiger partial charge on any atom is -0.493 e. The minimum absolute atomic E-state index is 0.0559. The summed E-state index contributed by atoms with van der Waals surface area (Å²) in [5, 5.41) is 0. The third kappa shape index (κ3) is 3.23. The van der Waals surface area contributed by atoms with E-state index in [0.717, 1.165) is 17.7 Å². The monoisotopic (exact) mass is 426 g/mol. The third-order valence-electron chi connectivity index (χ3n) is 7.02. The van der Waals surface area contributed by atoms with Crippen LogP contribution in [0.25, 0.3) is 0 Å². The SMILES string of the molecule is COc1cc2c(cc1OC)C1C(=O)C3C(C)CC=C4OC(C)(C)C=CC4C3O[C@@H]1CO2. The number of ketones is 1. The quantitative estimate of drug-likeness (QED) is 0.665. The molecular formula is C25H30O6. The molecule has 1 aromatic carbocycles. The Balaban J connectivity index is 1.54. The lowest BCUT2D eigenvalue weighted by Gasteiger charge is -2.47. The molecule has 0 radical (unpaired) electrons. The second-order valence-electron chi connectivity index (χ2n) is 9.51. The van der Waals surface area contributed by atoms with Gasteiger partial charge in [0.15, 0.2) is 11.5 Å². The van der Waals surface area contributed by atoms with Crippen LogP contribution >= 0.6 is 0 Å². The Morgan fingerprint density at radius 3 is 2.61 bits per heavy atom. The largest absolute Gasteiger partial charge is 0.493 e. The highest BCUT2D eigenvalue weighted by Crippen LogP contribution is 2.50. The molecule has 0 bridgehead atoms. The molecule has 0 amide bonds. The van der Waals surface area contributed by atoms with E-state index in [9.17, 15) is 4.79 Å². The second kappa shape index (κ2) is 7.30. The van der Waals surface area contributed by atoms with Gasteiger partial charge in [-0.3, -0.25) is 4.79 Å². The van der Waals surface area contributed by atoms with Gasteiger partial charge in [-0.15, -0.1) is 0 Å². The van der Waals surface area contributed by atoms with Gasteiger partial charge in [0, 0.05) is 17.5 Å². The topological polar surface area (TPSA) is 63.2 Å². The zero-order valence-electron chi connectivity index (χ0n) is 18.7. The van der Waals surface area contributed by atoms with E-state index in [-0.39, 0.29) is 47.3 Å². The molecular weight excluding hydrogens is 396 g/mol. The molecule has 1 aromatic rings. The van der Waals surface area contributed by atoms with Gasteiger partial charge in [0.1, 0.15) is 35.6 Å². The summed E-state index contributed by atoms with van der Waals surface area (Å²) < 4.78 is 29.8. The molecule has 31 heavy (non-hydrogen) atoms. The van der Waals surface area contributed by atoms with Crippen molar-refractivity contribution in [3.05, 3.63) is 41.7 Å². The van der Waals surface area contributed by atoms with Gasteiger partial charge in [0.05, 0.1) is 32.2 Å². The van der Waals surface area contributed by atoms with E-state index < -0.39 is 0 Å². The van der Waals surface area contributed by atoms with Crippen LogP contribution in [0.2, 0.25) is 0 Å². The molecule has 3 heterocycles. The van der Waals surface area contributed by atoms with Crippen molar-refractivity contribution in [3.8, 4) is 17.2 Å². The summed E-state index contributed by atoms with van der Waals surface area (Å²) in [5.74, 6) is 2.49. The molecule has 1 fully saturated rings. The van der Waals surface area contributed by atoms with Gasteiger partial charge < -0.3 is 23.7 Å². The summed E-state index contributed by atoms with van der Waals surface area (Å²) in [6.07, 6.45) is 6.58. The van der Waals surface area contributed by atoms with Crippen LogP contribution in [-0.4, -0.2) is 44.4 Å². The molecule has 1 saturated heterocycles. The number of ether oxygens (including phenoxy) is 5. The maximum absolute atomic E-state index is 14.0. The Hall–Kier alpha value is -2.47. The lowest BCUT2D eigenvalue weighted by atomic mass is 9.70. The molecule has 5 rings (SSSR count). The van der Waals surface area contributed by atoms with Crippen molar-refractivity contribution in [2.45, 2.75) is 50.9 Å². The predicted molar refractivity (Wildman–Crippen MR) is 115 cm³/mol. The average molecular weight is 427 g/mol. The molecule has 4 aliphatic rings. The van der Waals surface area contributed by atoms with Crippen molar-refractivity contribution < 1.29 is 28.5 Å². The molecule has 6 nitrogen and oxygen atoms in total. The van der Waals surface area contributed by atoms with Crippen LogP contribution in [0.4, 0.5) is 0 Å². The van der Waals surface area contributed by atoms with Crippen LogP contribution in [-0.2, 0) is 14.3 Å². The van der Waals surface area contributed by atoms with Gasteiger partial charge in [-0.25, -0.2) is 0 Å². The van der Waals surface area contributed by atoms with Crippen molar-refractivity contribution in [2.24, 2.45) is 17.8 Å². The van der Waals surface area contributed by atoms with Crippen LogP contribution in [0.5, 0.6) is 17.2 Å². The maximum atomic E-state index is 14.0. The van der Waals surface area contributed by atoms with E-state index in [4.69, 9.17) is 23.7 Å². The lowest BCUT2D eigenvalue weighted by Crippen LogP contribution is -2.54. The van der Waals surface area contributed by atoms with Gasteiger partial charge >= 0.3 is 0 Å². The fourth-order valence-corrected chi connectivity index (χ4v) is 5.47. The number of fused-ring (bicyclic) bond motifs is 6. The number of methoxy groups -OCH3 is 2. The zero-order chi connectivity index (χ0) is 21.9. The average Bonchev–Trinajstić information content (AvgIpc) is 2.88. The fourth-order valence-electron chi connectivity index (χ4n) is 5.47. The van der Waals surface area contributed by atoms with E-state index in [0.29, 0.717) is 23.9 Å². The smallest absolute Gasteiger partial charge is 0.164 e. The number of allylic oxidation sites excluding steroid dienone is 1. The van der Waals surface area contributed by atoms with E-state index >= 15 is 0 Å². The number of hydrogen-bond acceptors (Lipinski definition) is 6. The number of carbonyl (C=O) groups is 1. The van der Waals surface area contributed by atoms with Gasteiger partial charge in [-0.05, 0) is 44.4 Å². The molecule has 3 aliphatic heterocycles. The Labute approximate surface area is 183 Å². The highest BCUT2D eigenvalue weighted by Gasteiger charge is 2.54. The van der Waals surface area contributed by atoms with Crippen LogP contribution in [0.15, 0.2) is 36.1 Å². The van der Waals surface area contributed by atoms with E-state index in [1.807, 2.05) is 19.9 Å². The summed E-state index contributed by atoms with van der Waals surface area (Å²) >= 11 is 0. The number of Topliss-reactive ketones (excluding diaryl/α,β-unsaturated/α-hetero) is 1. The van der Waals surface area contributed by atoms with Crippen molar-refractivity contribution in [2.75, 3.05) is 20.8 Å². The zero-order valence-corrected chi connectivity index (χ0v) is 18.7. The van der Waals surface area contributed by atoms with Gasteiger partial charge in [0.2, 0.25) is 0 Å². The van der Waals surface area contributed by atoms with Crippen molar-refractivity contribution in [1.29, 1.82) is 0 Å². The second-order valence-corrected chi connectivity index (χ2v) is 9.51. The molecule has 6 atom stereocenters. The molecule has 0 N–H and O–H groups in total. The van der Waals surface area contributed by atoms with E-state index in [1.165, 1.54) is 0 Å². The number of benzene rings is 1. The normalized spacial score (nSPS) is 35.1. The molecule has 5 unspecified atom stereocenters. The van der Waals surface area contributed by atoms with E-state index in [2.05, 4.69) is 25.2 Å². The van der Waals surface area contributed by atoms with Gasteiger partial charge in [0.25, 0.3) is 0 Å². The molecule has 0 spiro atoms. The summed E-state index contributed by atoms with van der Waals surface area (Å²) in [5.41, 5.74) is 0.466. The van der Waals surface area contributed by atoms with Gasteiger partial charge in [-0.1, -0.05) is 13.0 Å². The lowest BCUT2D eigenvalue weighted by molar-refractivity contribution is -0.167. The first kappa shape index (κ1) is 20.4. The Kier molecular flexibility index (Phi) is 4.81.